The van der Waals surface area contributed by atoms with Crippen LogP contribution >= 0.6 is 0 Å². The molecule has 0 amide bonds. The zero-order chi connectivity index (χ0) is 19.3. The predicted molar refractivity (Wildman–Crippen MR) is 103 cm³/mol. The first-order valence-corrected chi connectivity index (χ1v) is 9.32. The summed E-state index contributed by atoms with van der Waals surface area (Å²) in [5, 5.41) is 0. The highest BCUT2D eigenvalue weighted by molar-refractivity contribution is 6.24. The molecule has 1 heterocycles. The van der Waals surface area contributed by atoms with Crippen molar-refractivity contribution in [3.63, 3.8) is 0 Å². The summed E-state index contributed by atoms with van der Waals surface area (Å²) in [7, 11) is 0. The van der Waals surface area contributed by atoms with E-state index in [1.165, 1.54) is 6.08 Å². The predicted octanol–water partition coefficient (Wildman–Crippen LogP) is 2.74. The summed E-state index contributed by atoms with van der Waals surface area (Å²) in [5.41, 5.74) is 0.609. The van der Waals surface area contributed by atoms with Crippen LogP contribution in [0.4, 0.5) is 0 Å². The summed E-state index contributed by atoms with van der Waals surface area (Å²) in [4.78, 5) is 27.8. The highest BCUT2D eigenvalue weighted by Crippen LogP contribution is 2.30. The molecule has 1 aliphatic carbocycles. The van der Waals surface area contributed by atoms with Crippen LogP contribution in [-0.2, 0) is 4.74 Å². The topological polar surface area (TPSA) is 65.1 Å². The highest BCUT2D eigenvalue weighted by Gasteiger charge is 2.30. The van der Waals surface area contributed by atoms with Crippen molar-refractivity contribution in [2.75, 3.05) is 39.5 Å². The van der Waals surface area contributed by atoms with Crippen LogP contribution in [0.1, 0.15) is 20.7 Å². The molecule has 1 fully saturated rings. The lowest BCUT2D eigenvalue weighted by atomic mass is 9.92. The van der Waals surface area contributed by atoms with Gasteiger partial charge in [-0.25, -0.2) is 0 Å². The van der Waals surface area contributed by atoms with Gasteiger partial charge in [0, 0.05) is 31.3 Å². The Morgan fingerprint density at radius 1 is 0.964 bits per heavy atom. The molecule has 0 saturated carbocycles. The first kappa shape index (κ1) is 18.4. The van der Waals surface area contributed by atoms with Gasteiger partial charge in [0.15, 0.2) is 11.5 Å². The molecule has 0 aromatic heterocycles. The third kappa shape index (κ3) is 3.98. The van der Waals surface area contributed by atoms with Gasteiger partial charge in [0.05, 0.1) is 18.8 Å². The molecule has 1 saturated heterocycles. The summed E-state index contributed by atoms with van der Waals surface area (Å²) in [6.07, 6.45) is 1.24. The molecular formula is C22H21NO5. The van der Waals surface area contributed by atoms with E-state index >= 15 is 0 Å². The molecule has 0 N–H and O–H groups in total. The number of allylic oxidation sites excluding steroid dienone is 2. The minimum absolute atomic E-state index is 0.0224. The zero-order valence-electron chi connectivity index (χ0n) is 15.4. The standard InChI is InChI=1S/C22H21NO5/c24-18-15-20(28-16-5-2-1-3-6-16)22(25)17-7-4-8-19(21(17)18)27-14-11-23-9-12-26-13-10-23/h1-8,15H,9-14H2. The fourth-order valence-electron chi connectivity index (χ4n) is 3.29. The molecule has 1 aliphatic heterocycles. The average Bonchev–Trinajstić information content (AvgIpc) is 2.73. The lowest BCUT2D eigenvalue weighted by molar-refractivity contribution is 0.0322. The number of Topliss-reactive ketones (excluding diaryl/α,β-unsaturated/α-hetero) is 1. The Morgan fingerprint density at radius 2 is 1.75 bits per heavy atom. The summed E-state index contributed by atoms with van der Waals surface area (Å²) < 4.78 is 16.8. The van der Waals surface area contributed by atoms with Crippen molar-refractivity contribution < 1.29 is 23.8 Å². The van der Waals surface area contributed by atoms with Gasteiger partial charge in [-0.2, -0.15) is 0 Å². The fourth-order valence-corrected chi connectivity index (χ4v) is 3.29. The van der Waals surface area contributed by atoms with E-state index in [1.807, 2.05) is 6.07 Å². The quantitative estimate of drug-likeness (QED) is 0.769. The number of nitrogens with zero attached hydrogens (tertiary/aromatic N) is 1. The molecule has 6 nitrogen and oxygen atoms in total. The Bertz CT molecular complexity index is 900. The van der Waals surface area contributed by atoms with Gasteiger partial charge in [-0.15, -0.1) is 0 Å². The van der Waals surface area contributed by atoms with Gasteiger partial charge in [0.2, 0.25) is 5.78 Å². The van der Waals surface area contributed by atoms with Gasteiger partial charge in [-0.05, 0) is 24.3 Å². The van der Waals surface area contributed by atoms with Crippen molar-refractivity contribution in [2.45, 2.75) is 0 Å². The molecule has 2 aromatic rings. The Morgan fingerprint density at radius 3 is 2.54 bits per heavy atom. The average molecular weight is 379 g/mol. The molecule has 0 spiro atoms. The van der Waals surface area contributed by atoms with E-state index in [9.17, 15) is 9.59 Å². The third-order valence-corrected chi connectivity index (χ3v) is 4.74. The zero-order valence-corrected chi connectivity index (χ0v) is 15.4. The molecule has 0 atom stereocenters. The number of carbonyl (C=O) groups excluding carboxylic acids is 2. The van der Waals surface area contributed by atoms with Crippen molar-refractivity contribution in [2.24, 2.45) is 0 Å². The Balaban J connectivity index is 1.48. The van der Waals surface area contributed by atoms with E-state index in [2.05, 4.69) is 4.90 Å². The van der Waals surface area contributed by atoms with Gasteiger partial charge >= 0.3 is 0 Å². The molecule has 6 heteroatoms. The number of ether oxygens (including phenoxy) is 3. The first-order valence-electron chi connectivity index (χ1n) is 9.32. The van der Waals surface area contributed by atoms with E-state index < -0.39 is 0 Å². The SMILES string of the molecule is O=C1C(Oc2ccccc2)=CC(=O)c2c(OCCN3CCOCC3)cccc21. The maximum absolute atomic E-state index is 12.8. The summed E-state index contributed by atoms with van der Waals surface area (Å²) in [6.45, 7) is 4.38. The van der Waals surface area contributed by atoms with Crippen molar-refractivity contribution in [3.05, 3.63) is 71.5 Å². The maximum Gasteiger partial charge on any atom is 0.229 e. The van der Waals surface area contributed by atoms with Crippen molar-refractivity contribution in [1.82, 2.24) is 4.90 Å². The monoisotopic (exact) mass is 379 g/mol. The van der Waals surface area contributed by atoms with E-state index in [-0.39, 0.29) is 17.3 Å². The van der Waals surface area contributed by atoms with Crippen LogP contribution in [0.15, 0.2) is 60.4 Å². The fraction of sp³-hybridized carbons (Fsp3) is 0.273. The van der Waals surface area contributed by atoms with E-state index in [0.717, 1.165) is 32.8 Å². The molecule has 28 heavy (non-hydrogen) atoms. The van der Waals surface area contributed by atoms with E-state index in [4.69, 9.17) is 14.2 Å². The maximum atomic E-state index is 12.8. The number of benzene rings is 2. The lowest BCUT2D eigenvalue weighted by Gasteiger charge is -2.26. The van der Waals surface area contributed by atoms with Gasteiger partial charge in [-0.3, -0.25) is 14.5 Å². The number of fused-ring (bicyclic) bond motifs is 1. The van der Waals surface area contributed by atoms with Crippen LogP contribution < -0.4 is 9.47 Å². The van der Waals surface area contributed by atoms with E-state index in [1.54, 1.807) is 42.5 Å². The van der Waals surface area contributed by atoms with Crippen LogP contribution in [0, 0.1) is 0 Å². The number of rotatable bonds is 6. The Kier molecular flexibility index (Phi) is 5.50. The van der Waals surface area contributed by atoms with Crippen LogP contribution in [0.25, 0.3) is 0 Å². The van der Waals surface area contributed by atoms with Gasteiger partial charge in [-0.1, -0.05) is 24.3 Å². The summed E-state index contributed by atoms with van der Waals surface area (Å²) in [6, 6.07) is 14.0. The second kappa shape index (κ2) is 8.37. The van der Waals surface area contributed by atoms with Crippen LogP contribution in [0.3, 0.4) is 0 Å². The smallest absolute Gasteiger partial charge is 0.229 e. The van der Waals surface area contributed by atoms with Gasteiger partial charge < -0.3 is 14.2 Å². The summed E-state index contributed by atoms with van der Waals surface area (Å²) in [5.74, 6) is 0.351. The van der Waals surface area contributed by atoms with Crippen LogP contribution in [0.2, 0.25) is 0 Å². The van der Waals surface area contributed by atoms with Crippen molar-refractivity contribution in [3.8, 4) is 11.5 Å². The molecule has 0 unspecified atom stereocenters. The molecule has 2 aliphatic rings. The van der Waals surface area contributed by atoms with Gasteiger partial charge in [0.25, 0.3) is 0 Å². The summed E-state index contributed by atoms with van der Waals surface area (Å²) >= 11 is 0. The number of carbonyl (C=O) groups is 2. The van der Waals surface area contributed by atoms with Crippen molar-refractivity contribution in [1.29, 1.82) is 0 Å². The molecule has 144 valence electrons. The number of hydrogen-bond donors (Lipinski definition) is 0. The molecule has 4 rings (SSSR count). The Hall–Kier alpha value is -2.96. The molecule has 0 bridgehead atoms. The van der Waals surface area contributed by atoms with Crippen LogP contribution in [-0.4, -0.2) is 55.9 Å². The number of para-hydroxylation sites is 1. The second-order valence-corrected chi connectivity index (χ2v) is 6.60. The number of morpholine rings is 1. The van der Waals surface area contributed by atoms with Gasteiger partial charge in [0.1, 0.15) is 18.1 Å². The lowest BCUT2D eigenvalue weighted by Crippen LogP contribution is -2.38. The molecular weight excluding hydrogens is 358 g/mol. The molecule has 0 radical (unpaired) electrons. The number of hydrogen-bond acceptors (Lipinski definition) is 6. The van der Waals surface area contributed by atoms with Crippen molar-refractivity contribution >= 4 is 11.6 Å². The molecule has 2 aromatic carbocycles. The van der Waals surface area contributed by atoms with Crippen LogP contribution in [0.5, 0.6) is 11.5 Å². The Labute approximate surface area is 163 Å². The normalized spacial score (nSPS) is 17.1. The van der Waals surface area contributed by atoms with E-state index in [0.29, 0.717) is 29.2 Å². The second-order valence-electron chi connectivity index (χ2n) is 6.60. The minimum Gasteiger partial charge on any atom is -0.491 e. The minimum atomic E-state index is -0.322. The largest absolute Gasteiger partial charge is 0.491 e. The third-order valence-electron chi connectivity index (χ3n) is 4.74. The number of ketones is 2. The highest BCUT2D eigenvalue weighted by atomic mass is 16.5. The first-order chi connectivity index (χ1) is 13.7.